The Balaban J connectivity index is 1.25. The van der Waals surface area contributed by atoms with E-state index in [-0.39, 0.29) is 34.6 Å². The van der Waals surface area contributed by atoms with Gasteiger partial charge >= 0.3 is 5.97 Å². The number of aliphatic carboxylic acids is 1. The van der Waals surface area contributed by atoms with Crippen molar-refractivity contribution in [1.82, 2.24) is 40.4 Å². The van der Waals surface area contributed by atoms with Crippen molar-refractivity contribution < 1.29 is 33.9 Å². The van der Waals surface area contributed by atoms with E-state index in [0.29, 0.717) is 16.7 Å². The zero-order valence-electron chi connectivity index (χ0n) is 21.9. The Morgan fingerprint density at radius 1 is 1.33 bits per heavy atom. The summed E-state index contributed by atoms with van der Waals surface area (Å²) < 4.78 is 1.43. The number of carbonyl (C=O) groups excluding carboxylic acids is 4. The molecule has 0 radical (unpaired) electrons. The Hall–Kier alpha value is -4.15. The predicted molar refractivity (Wildman–Crippen MR) is 155 cm³/mol. The number of hydrogen-bond acceptors (Lipinski definition) is 16. The smallest absolute Gasteiger partial charge is 0.313 e. The topological polar surface area (TPSA) is 236 Å². The molecule has 22 heteroatoms. The van der Waals surface area contributed by atoms with E-state index in [4.69, 9.17) is 4.84 Å². The van der Waals surface area contributed by atoms with E-state index in [1.165, 1.54) is 56.0 Å². The number of nitrogens with one attached hydrogen (secondary N) is 3. The zero-order valence-corrected chi connectivity index (χ0v) is 25.2. The number of fused-ring (bicyclic) bond motifs is 1. The van der Waals surface area contributed by atoms with Crippen LogP contribution >= 0.6 is 46.2 Å². The molecular formula is C21H21N11O7S4. The first-order valence-corrected chi connectivity index (χ1v) is 15.9. The van der Waals surface area contributed by atoms with Crippen molar-refractivity contribution in [2.75, 3.05) is 35.3 Å². The molecule has 2 aliphatic heterocycles. The van der Waals surface area contributed by atoms with E-state index in [1.54, 1.807) is 12.4 Å². The normalized spacial score (nSPS) is 21.4. The van der Waals surface area contributed by atoms with Gasteiger partial charge < -0.3 is 25.5 Å². The van der Waals surface area contributed by atoms with E-state index in [1.807, 2.05) is 0 Å². The van der Waals surface area contributed by atoms with Gasteiger partial charge in [-0.15, -0.1) is 39.5 Å². The molecule has 0 saturated carbocycles. The molecule has 2 fully saturated rings. The van der Waals surface area contributed by atoms with Gasteiger partial charge in [-0.25, -0.2) is 14.6 Å². The number of nitrogens with zero attached hydrogens (tertiary/aromatic N) is 8. The largest absolute Gasteiger partial charge is 0.481 e. The number of thioether (sulfide) groups is 2. The summed E-state index contributed by atoms with van der Waals surface area (Å²) in [6.07, 6.45) is 1.93. The van der Waals surface area contributed by atoms with Gasteiger partial charge in [-0.1, -0.05) is 16.9 Å². The van der Waals surface area contributed by atoms with Crippen LogP contribution in [0.25, 0.3) is 0 Å². The molecule has 2 unspecified atom stereocenters. The minimum Gasteiger partial charge on any atom is -0.481 e. The molecule has 5 heterocycles. The molecule has 5 rings (SSSR count). The van der Waals surface area contributed by atoms with Crippen molar-refractivity contribution in [3.63, 3.8) is 0 Å². The second-order valence-corrected chi connectivity index (χ2v) is 12.8. The number of oxime groups is 1. The van der Waals surface area contributed by atoms with Gasteiger partial charge in [-0.2, -0.15) is 0 Å². The van der Waals surface area contributed by atoms with E-state index >= 15 is 0 Å². The van der Waals surface area contributed by atoms with Crippen LogP contribution in [0.1, 0.15) is 5.69 Å². The predicted octanol–water partition coefficient (Wildman–Crippen LogP) is -0.686. The number of carboxylic acids is 1. The van der Waals surface area contributed by atoms with Crippen LogP contribution in [0.3, 0.4) is 0 Å². The molecule has 3 aromatic heterocycles. The summed E-state index contributed by atoms with van der Waals surface area (Å²) in [4.78, 5) is 76.3. The lowest BCUT2D eigenvalue weighted by atomic mass is 9.89. The highest BCUT2D eigenvalue weighted by molar-refractivity contribution is 8.00. The first kappa shape index (κ1) is 30.3. The van der Waals surface area contributed by atoms with Crippen molar-refractivity contribution in [1.29, 1.82) is 0 Å². The van der Waals surface area contributed by atoms with Gasteiger partial charge in [0.05, 0.1) is 0 Å². The third kappa shape index (κ3) is 6.60. The molecule has 226 valence electrons. The number of amides is 4. The quantitative estimate of drug-likeness (QED) is 0.0581. The average Bonchev–Trinajstić information content (AvgIpc) is 3.76. The minimum absolute atomic E-state index is 0.0345. The number of tetrazole rings is 1. The molecule has 2 aliphatic rings. The molecule has 0 aliphatic carbocycles. The zero-order chi connectivity index (χ0) is 30.6. The van der Waals surface area contributed by atoms with Crippen LogP contribution in [0.15, 0.2) is 27.3 Å². The first-order valence-electron chi connectivity index (χ1n) is 12.1. The Labute approximate surface area is 258 Å². The summed E-state index contributed by atoms with van der Waals surface area (Å²) in [5.41, 5.74) is -1.56. The standard InChI is InChI=1S/C21H21N11O7S4/c1-31-20(27-29-30-31)43-8-21(17(37)38)6-32-15(36)13(16(32)42-7-21)26-14(35)12(10-5-41-19(24-10)23-9-33)28-39-4-11(34)25-18-22-2-3-40-18/h2-3,5,9,13,16H,4,6-8H2,1H3,(H,26,35)(H,37,38)(H,22,25,34)(H,23,24,33)/t13?,16-,21?/m1/s1. The van der Waals surface area contributed by atoms with Gasteiger partial charge in [-0.05, 0) is 10.4 Å². The molecule has 4 amide bonds. The number of thiazole rings is 2. The van der Waals surface area contributed by atoms with Crippen molar-refractivity contribution in [2.45, 2.75) is 16.6 Å². The maximum atomic E-state index is 13.3. The number of anilines is 2. The summed E-state index contributed by atoms with van der Waals surface area (Å²) in [5, 5.41) is 36.1. The maximum Gasteiger partial charge on any atom is 0.313 e. The van der Waals surface area contributed by atoms with Gasteiger partial charge in [0, 0.05) is 42.1 Å². The van der Waals surface area contributed by atoms with Gasteiger partial charge in [0.1, 0.15) is 22.5 Å². The van der Waals surface area contributed by atoms with E-state index in [2.05, 4.69) is 46.6 Å². The van der Waals surface area contributed by atoms with Crippen LogP contribution in [-0.4, -0.2) is 112 Å². The van der Waals surface area contributed by atoms with Crippen molar-refractivity contribution in [3.05, 3.63) is 22.7 Å². The second kappa shape index (κ2) is 13.0. The molecule has 3 atom stereocenters. The second-order valence-electron chi connectivity index (χ2n) is 8.98. The Kier molecular flexibility index (Phi) is 9.17. The van der Waals surface area contributed by atoms with Gasteiger partial charge in [0.25, 0.3) is 11.8 Å². The van der Waals surface area contributed by atoms with E-state index < -0.39 is 47.1 Å². The number of carboxylic acid groups (broad SMARTS) is 1. The molecule has 18 nitrogen and oxygen atoms in total. The van der Waals surface area contributed by atoms with E-state index in [9.17, 15) is 29.1 Å². The van der Waals surface area contributed by atoms with Crippen LogP contribution < -0.4 is 16.0 Å². The molecule has 43 heavy (non-hydrogen) atoms. The third-order valence-corrected chi connectivity index (χ3v) is 10.5. The summed E-state index contributed by atoms with van der Waals surface area (Å²) in [6, 6.07) is -0.968. The highest BCUT2D eigenvalue weighted by Crippen LogP contribution is 2.44. The molecule has 0 bridgehead atoms. The molecule has 0 spiro atoms. The Morgan fingerprint density at radius 3 is 2.86 bits per heavy atom. The van der Waals surface area contributed by atoms with Gasteiger partial charge in [-0.3, -0.25) is 29.3 Å². The average molecular weight is 668 g/mol. The Morgan fingerprint density at radius 2 is 2.16 bits per heavy atom. The molecule has 3 aromatic rings. The van der Waals surface area contributed by atoms with Gasteiger partial charge in [0.15, 0.2) is 22.6 Å². The van der Waals surface area contributed by atoms with Crippen molar-refractivity contribution >= 4 is 92.3 Å². The van der Waals surface area contributed by atoms with Gasteiger partial charge in [0.2, 0.25) is 17.5 Å². The van der Waals surface area contributed by atoms with Crippen molar-refractivity contribution in [2.24, 2.45) is 17.6 Å². The number of hydrogen-bond donors (Lipinski definition) is 4. The third-order valence-electron chi connectivity index (χ3n) is 6.12. The van der Waals surface area contributed by atoms with Crippen LogP contribution in [0.5, 0.6) is 0 Å². The maximum absolute atomic E-state index is 13.3. The highest BCUT2D eigenvalue weighted by atomic mass is 32.2. The highest BCUT2D eigenvalue weighted by Gasteiger charge is 2.57. The lowest BCUT2D eigenvalue weighted by Crippen LogP contribution is -2.74. The lowest BCUT2D eigenvalue weighted by molar-refractivity contribution is -0.157. The fourth-order valence-electron chi connectivity index (χ4n) is 3.96. The summed E-state index contributed by atoms with van der Waals surface area (Å²) in [7, 11) is 1.64. The number of aryl methyl sites for hydroxylation is 1. The van der Waals surface area contributed by atoms with Crippen LogP contribution in [0, 0.1) is 5.41 Å². The number of aromatic nitrogens is 6. The number of β-lactam (4-membered cyclic amide) rings is 1. The summed E-state index contributed by atoms with van der Waals surface area (Å²) >= 11 is 4.63. The fourth-order valence-corrected chi connectivity index (χ4v) is 7.87. The molecule has 2 saturated heterocycles. The fraction of sp³-hybridized carbons (Fsp3) is 0.381. The van der Waals surface area contributed by atoms with Crippen LogP contribution in [0.2, 0.25) is 0 Å². The number of rotatable bonds is 13. The summed E-state index contributed by atoms with van der Waals surface area (Å²) in [6.45, 7) is -0.608. The van der Waals surface area contributed by atoms with Crippen molar-refractivity contribution in [3.8, 4) is 0 Å². The molecule has 4 N–H and O–H groups in total. The minimum atomic E-state index is -1.26. The van der Waals surface area contributed by atoms with Crippen LogP contribution in [-0.2, 0) is 35.9 Å². The molecular weight excluding hydrogens is 647 g/mol. The number of carbonyl (C=O) groups is 5. The SMILES string of the molecule is Cn1nnnc1SCC1(C(=O)O)CS[C@@H]2C(NC(=O)C(=NOCC(=O)Nc3nccs3)c3csc(NC=O)n3)C(=O)N2C1. The first-order chi connectivity index (χ1) is 20.7. The van der Waals surface area contributed by atoms with E-state index in [0.717, 1.165) is 11.3 Å². The molecule has 0 aromatic carbocycles. The van der Waals surface area contributed by atoms with Crippen LogP contribution in [0.4, 0.5) is 10.3 Å². The lowest BCUT2D eigenvalue weighted by Gasteiger charge is -2.53. The summed E-state index contributed by atoms with van der Waals surface area (Å²) in [5.74, 6) is -2.61. The monoisotopic (exact) mass is 667 g/mol. The Bertz CT molecular complexity index is 1560.